The van der Waals surface area contributed by atoms with Crippen molar-refractivity contribution >= 4 is 43.5 Å². The summed E-state index contributed by atoms with van der Waals surface area (Å²) in [5.74, 6) is -0.329. The van der Waals surface area contributed by atoms with Crippen LogP contribution in [0.3, 0.4) is 0 Å². The van der Waals surface area contributed by atoms with Gasteiger partial charge < -0.3 is 15.0 Å². The van der Waals surface area contributed by atoms with Crippen LogP contribution in [0.2, 0.25) is 0 Å². The van der Waals surface area contributed by atoms with Crippen molar-refractivity contribution in [3.8, 4) is 5.75 Å². The number of benzene rings is 3. The van der Waals surface area contributed by atoms with Gasteiger partial charge in [0.05, 0.1) is 17.7 Å². The standard InChI is InChI=1S/C29H34BrN3O5S/c1-20(2)31-29(35)22(4)32(18-23-7-6-8-24(30)17-23)28(34)19-33(25-11-9-21(3)10-12-25)39(36,37)27-15-13-26(38-5)14-16-27/h6-17,20,22H,18-19H2,1-5H3,(H,31,35). The van der Waals surface area contributed by atoms with Crippen molar-refractivity contribution < 1.29 is 22.7 Å². The van der Waals surface area contributed by atoms with Gasteiger partial charge in [0.15, 0.2) is 0 Å². The maximum atomic E-state index is 13.9. The summed E-state index contributed by atoms with van der Waals surface area (Å²) in [6.45, 7) is 6.84. The predicted octanol–water partition coefficient (Wildman–Crippen LogP) is 4.90. The first-order chi connectivity index (χ1) is 18.4. The summed E-state index contributed by atoms with van der Waals surface area (Å²) in [5.41, 5.74) is 2.08. The minimum atomic E-state index is -4.14. The average Bonchev–Trinajstić information content (AvgIpc) is 2.90. The number of amides is 2. The number of sulfonamides is 1. The SMILES string of the molecule is COc1ccc(S(=O)(=O)N(CC(=O)N(Cc2cccc(Br)c2)C(C)C(=O)NC(C)C)c2ccc(C)cc2)cc1. The Morgan fingerprint density at radius 2 is 1.62 bits per heavy atom. The van der Waals surface area contributed by atoms with Crippen molar-refractivity contribution in [3.05, 3.63) is 88.4 Å². The van der Waals surface area contributed by atoms with Crippen molar-refractivity contribution in [2.24, 2.45) is 0 Å². The van der Waals surface area contributed by atoms with E-state index in [4.69, 9.17) is 4.74 Å². The quantitative estimate of drug-likeness (QED) is 0.331. The van der Waals surface area contributed by atoms with Crippen LogP contribution in [-0.4, -0.2) is 50.9 Å². The fraction of sp³-hybridized carbons (Fsp3) is 0.310. The summed E-state index contributed by atoms with van der Waals surface area (Å²) in [6, 6.07) is 19.3. The molecule has 3 aromatic rings. The van der Waals surface area contributed by atoms with Crippen molar-refractivity contribution in [2.75, 3.05) is 18.0 Å². The van der Waals surface area contributed by atoms with Gasteiger partial charge in [0.25, 0.3) is 10.0 Å². The molecule has 0 saturated carbocycles. The Balaban J connectivity index is 2.03. The van der Waals surface area contributed by atoms with E-state index in [0.717, 1.165) is 19.9 Å². The van der Waals surface area contributed by atoms with E-state index in [9.17, 15) is 18.0 Å². The molecule has 0 aromatic heterocycles. The lowest BCUT2D eigenvalue weighted by Gasteiger charge is -2.32. The largest absolute Gasteiger partial charge is 0.497 e. The second-order valence-corrected chi connectivity index (χ2v) is 12.3. The number of carbonyl (C=O) groups is 2. The number of methoxy groups -OCH3 is 1. The van der Waals surface area contributed by atoms with Gasteiger partial charge in [0, 0.05) is 17.1 Å². The molecule has 0 aliphatic rings. The van der Waals surface area contributed by atoms with Crippen LogP contribution in [0.4, 0.5) is 5.69 Å². The summed E-state index contributed by atoms with van der Waals surface area (Å²) < 4.78 is 34.8. The van der Waals surface area contributed by atoms with E-state index in [0.29, 0.717) is 11.4 Å². The van der Waals surface area contributed by atoms with Crippen LogP contribution in [0.1, 0.15) is 31.9 Å². The predicted molar refractivity (Wildman–Crippen MR) is 156 cm³/mol. The average molecular weight is 617 g/mol. The van der Waals surface area contributed by atoms with E-state index in [-0.39, 0.29) is 23.4 Å². The molecule has 0 spiro atoms. The number of nitrogens with zero attached hydrogens (tertiary/aromatic N) is 2. The summed E-state index contributed by atoms with van der Waals surface area (Å²) in [5, 5.41) is 2.85. The minimum Gasteiger partial charge on any atom is -0.497 e. The molecule has 0 fully saturated rings. The maximum Gasteiger partial charge on any atom is 0.264 e. The molecule has 1 N–H and O–H groups in total. The first-order valence-electron chi connectivity index (χ1n) is 12.5. The first kappa shape index (κ1) is 30.2. The molecule has 0 saturated heterocycles. The van der Waals surface area contributed by atoms with E-state index in [2.05, 4.69) is 21.2 Å². The molecular weight excluding hydrogens is 582 g/mol. The van der Waals surface area contributed by atoms with Crippen LogP contribution in [0.15, 0.2) is 82.2 Å². The van der Waals surface area contributed by atoms with Crippen LogP contribution in [0, 0.1) is 6.92 Å². The Hall–Kier alpha value is -3.37. The third-order valence-corrected chi connectivity index (χ3v) is 8.37. The zero-order valence-corrected chi connectivity index (χ0v) is 25.1. The number of carbonyl (C=O) groups excluding carboxylic acids is 2. The number of rotatable bonds is 11. The first-order valence-corrected chi connectivity index (χ1v) is 14.7. The van der Waals surface area contributed by atoms with E-state index in [1.807, 2.05) is 45.0 Å². The topological polar surface area (TPSA) is 96.0 Å². The smallest absolute Gasteiger partial charge is 0.264 e. The molecule has 8 nitrogen and oxygen atoms in total. The lowest BCUT2D eigenvalue weighted by atomic mass is 10.1. The molecule has 39 heavy (non-hydrogen) atoms. The molecule has 0 heterocycles. The third-order valence-electron chi connectivity index (χ3n) is 6.09. The van der Waals surface area contributed by atoms with Gasteiger partial charge >= 0.3 is 0 Å². The second-order valence-electron chi connectivity index (χ2n) is 9.51. The Labute approximate surface area is 239 Å². The number of aryl methyl sites for hydroxylation is 1. The Morgan fingerprint density at radius 1 is 0.974 bits per heavy atom. The van der Waals surface area contributed by atoms with Gasteiger partial charge in [-0.05, 0) is 81.8 Å². The van der Waals surface area contributed by atoms with Crippen LogP contribution < -0.4 is 14.4 Å². The number of ether oxygens (including phenoxy) is 1. The minimum absolute atomic E-state index is 0.0146. The lowest BCUT2D eigenvalue weighted by molar-refractivity contribution is -0.139. The maximum absolute atomic E-state index is 13.9. The van der Waals surface area contributed by atoms with Gasteiger partial charge in [-0.15, -0.1) is 0 Å². The van der Waals surface area contributed by atoms with Crippen LogP contribution in [0.25, 0.3) is 0 Å². The van der Waals surface area contributed by atoms with Gasteiger partial charge in [-0.1, -0.05) is 45.8 Å². The number of hydrogen-bond acceptors (Lipinski definition) is 5. The fourth-order valence-electron chi connectivity index (χ4n) is 3.93. The third kappa shape index (κ3) is 7.83. The van der Waals surface area contributed by atoms with Crippen molar-refractivity contribution in [1.29, 1.82) is 0 Å². The highest BCUT2D eigenvalue weighted by molar-refractivity contribution is 9.10. The molecule has 208 valence electrons. The summed E-state index contributed by atoms with van der Waals surface area (Å²) in [7, 11) is -2.65. The molecule has 10 heteroatoms. The van der Waals surface area contributed by atoms with E-state index >= 15 is 0 Å². The van der Waals surface area contributed by atoms with E-state index < -0.39 is 28.5 Å². The van der Waals surface area contributed by atoms with Crippen LogP contribution >= 0.6 is 15.9 Å². The van der Waals surface area contributed by atoms with E-state index in [1.165, 1.54) is 24.1 Å². The Morgan fingerprint density at radius 3 is 2.18 bits per heavy atom. The van der Waals surface area contributed by atoms with Crippen LogP contribution in [-0.2, 0) is 26.2 Å². The van der Waals surface area contributed by atoms with Gasteiger partial charge in [-0.25, -0.2) is 8.42 Å². The molecule has 0 aliphatic carbocycles. The monoisotopic (exact) mass is 615 g/mol. The lowest BCUT2D eigenvalue weighted by Crippen LogP contribution is -2.52. The van der Waals surface area contributed by atoms with E-state index in [1.54, 1.807) is 43.3 Å². The zero-order chi connectivity index (χ0) is 28.7. The van der Waals surface area contributed by atoms with Gasteiger partial charge in [-0.3, -0.25) is 13.9 Å². The summed E-state index contributed by atoms with van der Waals surface area (Å²) >= 11 is 3.45. The van der Waals surface area contributed by atoms with Crippen molar-refractivity contribution in [1.82, 2.24) is 10.2 Å². The number of halogens is 1. The Kier molecular flexibility index (Phi) is 10.2. The number of hydrogen-bond donors (Lipinski definition) is 1. The molecule has 3 rings (SSSR count). The summed E-state index contributed by atoms with van der Waals surface area (Å²) in [6.07, 6.45) is 0. The van der Waals surface area contributed by atoms with Crippen molar-refractivity contribution in [3.63, 3.8) is 0 Å². The van der Waals surface area contributed by atoms with Crippen molar-refractivity contribution in [2.45, 2.75) is 51.2 Å². The molecule has 0 bridgehead atoms. The highest BCUT2D eigenvalue weighted by atomic mass is 79.9. The molecule has 0 radical (unpaired) electrons. The highest BCUT2D eigenvalue weighted by Gasteiger charge is 2.32. The number of nitrogens with one attached hydrogen (secondary N) is 1. The molecular formula is C29H34BrN3O5S. The zero-order valence-electron chi connectivity index (χ0n) is 22.7. The van der Waals surface area contributed by atoms with Gasteiger partial charge in [0.2, 0.25) is 11.8 Å². The molecule has 2 amide bonds. The molecule has 1 atom stereocenters. The normalized spacial score (nSPS) is 12.1. The van der Waals surface area contributed by atoms with Crippen LogP contribution in [0.5, 0.6) is 5.75 Å². The van der Waals surface area contributed by atoms with Gasteiger partial charge in [0.1, 0.15) is 18.3 Å². The highest BCUT2D eigenvalue weighted by Crippen LogP contribution is 2.26. The molecule has 0 aliphatic heterocycles. The number of anilines is 1. The second kappa shape index (κ2) is 13.1. The molecule has 3 aromatic carbocycles. The summed E-state index contributed by atoms with van der Waals surface area (Å²) in [4.78, 5) is 28.3. The molecule has 1 unspecified atom stereocenters. The van der Waals surface area contributed by atoms with Gasteiger partial charge in [-0.2, -0.15) is 0 Å². The Bertz CT molecular complexity index is 1390. The fourth-order valence-corrected chi connectivity index (χ4v) is 5.80.